The first kappa shape index (κ1) is 12.5. The van der Waals surface area contributed by atoms with Gasteiger partial charge in [-0.2, -0.15) is 0 Å². The molecule has 3 rings (SSSR count). The van der Waals surface area contributed by atoms with Crippen molar-refractivity contribution in [3.8, 4) is 0 Å². The van der Waals surface area contributed by atoms with Crippen molar-refractivity contribution < 1.29 is 4.79 Å². The Morgan fingerprint density at radius 3 is 2.84 bits per heavy atom. The van der Waals surface area contributed by atoms with Gasteiger partial charge >= 0.3 is 0 Å². The van der Waals surface area contributed by atoms with Gasteiger partial charge in [-0.15, -0.1) is 0 Å². The van der Waals surface area contributed by atoms with E-state index in [2.05, 4.69) is 32.8 Å². The Balaban J connectivity index is 1.88. The van der Waals surface area contributed by atoms with Crippen LogP contribution in [-0.2, 0) is 13.0 Å². The van der Waals surface area contributed by atoms with Crippen molar-refractivity contribution in [3.05, 3.63) is 55.0 Å². The van der Waals surface area contributed by atoms with E-state index in [4.69, 9.17) is 0 Å². The molecule has 0 aliphatic carbocycles. The summed E-state index contributed by atoms with van der Waals surface area (Å²) in [4.78, 5) is 25.7. The van der Waals surface area contributed by atoms with Crippen molar-refractivity contribution in [2.24, 2.45) is 0 Å². The summed E-state index contributed by atoms with van der Waals surface area (Å²) in [6.45, 7) is 1.04. The topological polar surface area (TPSA) is 69.0 Å². The number of aromatic nitrogens is 2. The van der Waals surface area contributed by atoms with E-state index in [-0.39, 0.29) is 11.5 Å². The van der Waals surface area contributed by atoms with E-state index < -0.39 is 0 Å². The Morgan fingerprint density at radius 1 is 1.26 bits per heavy atom. The first-order valence-corrected chi connectivity index (χ1v) is 7.07. The summed E-state index contributed by atoms with van der Waals surface area (Å²) >= 11 is 2.16. The van der Waals surface area contributed by atoms with Gasteiger partial charge in [-0.05, 0) is 41.1 Å². The van der Waals surface area contributed by atoms with Crippen molar-refractivity contribution in [1.29, 1.82) is 0 Å². The third kappa shape index (κ3) is 2.20. The molecule has 0 unspecified atom stereocenters. The van der Waals surface area contributed by atoms with E-state index in [0.29, 0.717) is 25.1 Å². The number of fused-ring (bicyclic) bond motifs is 1. The number of halogens is 1. The molecule has 1 amide bonds. The first-order chi connectivity index (χ1) is 9.16. The summed E-state index contributed by atoms with van der Waals surface area (Å²) in [5, 5.41) is 5.41. The number of nitrogens with one attached hydrogen (secondary N) is 2. The molecule has 0 saturated carbocycles. The number of hydrogen-bond donors (Lipinski definition) is 2. The van der Waals surface area contributed by atoms with Crippen LogP contribution in [-0.4, -0.2) is 27.5 Å². The summed E-state index contributed by atoms with van der Waals surface area (Å²) in [5.41, 5.74) is 2.23. The number of benzene rings is 1. The van der Waals surface area contributed by atoms with Crippen LogP contribution in [0.15, 0.2) is 29.1 Å². The second-order valence-corrected chi connectivity index (χ2v) is 5.65. The average molecular weight is 369 g/mol. The Bertz CT molecular complexity index is 689. The largest absolute Gasteiger partial charge is 0.332 e. The molecule has 1 aromatic heterocycles. The number of hydrogen-bond acceptors (Lipinski definition) is 2. The number of amides is 1. The highest BCUT2D eigenvalue weighted by Crippen LogP contribution is 2.19. The van der Waals surface area contributed by atoms with Crippen LogP contribution in [0.3, 0.4) is 0 Å². The molecule has 1 aliphatic heterocycles. The lowest BCUT2D eigenvalue weighted by molar-refractivity contribution is 0.0731. The Morgan fingerprint density at radius 2 is 2.05 bits per heavy atom. The first-order valence-electron chi connectivity index (χ1n) is 5.99. The van der Waals surface area contributed by atoms with Gasteiger partial charge in [-0.1, -0.05) is 12.1 Å². The number of carbonyl (C=O) groups excluding carboxylic acids is 1. The van der Waals surface area contributed by atoms with Gasteiger partial charge in [0.2, 0.25) is 0 Å². The van der Waals surface area contributed by atoms with Crippen molar-refractivity contribution in [2.75, 3.05) is 6.54 Å². The van der Waals surface area contributed by atoms with Crippen LogP contribution in [0, 0.1) is 3.57 Å². The Kier molecular flexibility index (Phi) is 3.17. The van der Waals surface area contributed by atoms with Crippen LogP contribution in [0.25, 0.3) is 0 Å². The van der Waals surface area contributed by atoms with E-state index >= 15 is 0 Å². The minimum absolute atomic E-state index is 0.0118. The number of aromatic amines is 2. The van der Waals surface area contributed by atoms with Crippen LogP contribution in [0.2, 0.25) is 0 Å². The molecule has 0 spiro atoms. The van der Waals surface area contributed by atoms with Gasteiger partial charge in [0.1, 0.15) is 0 Å². The van der Waals surface area contributed by atoms with Crippen LogP contribution >= 0.6 is 22.6 Å². The molecule has 19 heavy (non-hydrogen) atoms. The molecule has 98 valence electrons. The van der Waals surface area contributed by atoms with Crippen LogP contribution < -0.4 is 5.56 Å². The number of nitrogens with zero attached hydrogens (tertiary/aromatic N) is 1. The molecule has 0 bridgehead atoms. The van der Waals surface area contributed by atoms with E-state index in [0.717, 1.165) is 14.8 Å². The zero-order valence-electron chi connectivity index (χ0n) is 10.1. The van der Waals surface area contributed by atoms with Crippen LogP contribution in [0.1, 0.15) is 21.6 Å². The zero-order chi connectivity index (χ0) is 13.4. The van der Waals surface area contributed by atoms with Gasteiger partial charge in [0.15, 0.2) is 0 Å². The smallest absolute Gasteiger partial charge is 0.267 e. The summed E-state index contributed by atoms with van der Waals surface area (Å²) < 4.78 is 0.943. The molecule has 1 aromatic carbocycles. The van der Waals surface area contributed by atoms with E-state index in [1.165, 1.54) is 0 Å². The second-order valence-electron chi connectivity index (χ2n) is 4.49. The summed E-state index contributed by atoms with van der Waals surface area (Å²) in [6, 6.07) is 7.53. The molecule has 0 atom stereocenters. The lowest BCUT2D eigenvalue weighted by atomic mass is 10.1. The maximum absolute atomic E-state index is 12.5. The van der Waals surface area contributed by atoms with E-state index in [9.17, 15) is 9.59 Å². The van der Waals surface area contributed by atoms with Gasteiger partial charge in [0, 0.05) is 15.7 Å². The SMILES string of the molecule is O=C(c1ccccc1I)N1CCc2c([nH][nH]c2=O)C1. The molecule has 0 saturated heterocycles. The monoisotopic (exact) mass is 369 g/mol. The van der Waals surface area contributed by atoms with Crippen molar-refractivity contribution in [2.45, 2.75) is 13.0 Å². The third-order valence-electron chi connectivity index (χ3n) is 3.34. The molecule has 0 radical (unpaired) electrons. The van der Waals surface area contributed by atoms with Gasteiger partial charge in [0.25, 0.3) is 11.5 Å². The summed E-state index contributed by atoms with van der Waals surface area (Å²) in [5.74, 6) is 0.0118. The van der Waals surface area contributed by atoms with Crippen LogP contribution in [0.4, 0.5) is 0 Å². The lowest BCUT2D eigenvalue weighted by Gasteiger charge is -2.26. The molecule has 2 heterocycles. The molecule has 1 aliphatic rings. The fourth-order valence-corrected chi connectivity index (χ4v) is 2.93. The maximum atomic E-state index is 12.5. The minimum Gasteiger partial charge on any atom is -0.332 e. The Hall–Kier alpha value is -1.57. The van der Waals surface area contributed by atoms with Gasteiger partial charge in [-0.3, -0.25) is 14.7 Å². The molecule has 0 fully saturated rings. The average Bonchev–Trinajstić information content (AvgIpc) is 2.80. The molecular weight excluding hydrogens is 357 g/mol. The third-order valence-corrected chi connectivity index (χ3v) is 4.28. The molecule has 6 heteroatoms. The second kappa shape index (κ2) is 4.84. The van der Waals surface area contributed by atoms with Crippen LogP contribution in [0.5, 0.6) is 0 Å². The maximum Gasteiger partial charge on any atom is 0.267 e. The van der Waals surface area contributed by atoms with E-state index in [1.54, 1.807) is 4.90 Å². The quantitative estimate of drug-likeness (QED) is 0.749. The highest BCUT2D eigenvalue weighted by molar-refractivity contribution is 14.1. The number of H-pyrrole nitrogens is 2. The van der Waals surface area contributed by atoms with Crippen molar-refractivity contribution in [1.82, 2.24) is 15.1 Å². The summed E-state index contributed by atoms with van der Waals surface area (Å²) in [7, 11) is 0. The lowest BCUT2D eigenvalue weighted by Crippen LogP contribution is -2.37. The van der Waals surface area contributed by atoms with Gasteiger partial charge in [0.05, 0.1) is 17.8 Å². The number of rotatable bonds is 1. The van der Waals surface area contributed by atoms with E-state index in [1.807, 2.05) is 24.3 Å². The highest BCUT2D eigenvalue weighted by Gasteiger charge is 2.25. The fourth-order valence-electron chi connectivity index (χ4n) is 2.31. The Labute approximate surface area is 123 Å². The normalized spacial score (nSPS) is 14.3. The zero-order valence-corrected chi connectivity index (χ0v) is 12.2. The molecule has 2 aromatic rings. The van der Waals surface area contributed by atoms with Crippen molar-refractivity contribution in [3.63, 3.8) is 0 Å². The molecule has 2 N–H and O–H groups in total. The van der Waals surface area contributed by atoms with Gasteiger partial charge < -0.3 is 10.00 Å². The fraction of sp³-hybridized carbons (Fsp3) is 0.231. The standard InChI is InChI=1S/C13H12IN3O2/c14-10-4-2-1-3-8(10)13(19)17-6-5-9-11(7-17)15-16-12(9)18/h1-4H,5-7H2,(H2,15,16,18). The van der Waals surface area contributed by atoms with Crippen molar-refractivity contribution >= 4 is 28.5 Å². The molecule has 5 nitrogen and oxygen atoms in total. The summed E-state index contributed by atoms with van der Waals surface area (Å²) in [6.07, 6.45) is 0.601. The minimum atomic E-state index is -0.0728. The van der Waals surface area contributed by atoms with Gasteiger partial charge in [-0.25, -0.2) is 0 Å². The molecular formula is C13H12IN3O2. The highest BCUT2D eigenvalue weighted by atomic mass is 127. The predicted octanol–water partition coefficient (Wildman–Crippen LogP) is 1.51. The number of carbonyl (C=O) groups is 1. The predicted molar refractivity (Wildman–Crippen MR) is 79.0 cm³/mol.